The van der Waals surface area contributed by atoms with E-state index in [0.717, 1.165) is 53.2 Å². The minimum absolute atomic E-state index is 0.0252. The summed E-state index contributed by atoms with van der Waals surface area (Å²) in [5, 5.41) is 3.67. The number of fused-ring (bicyclic) bond motifs is 1. The Balaban J connectivity index is 1.03. The third-order valence-corrected chi connectivity index (χ3v) is 9.70. The number of carbonyl (C=O) groups excluding carboxylic acids is 1. The summed E-state index contributed by atoms with van der Waals surface area (Å²) in [5.41, 5.74) is 2.01. The second-order valence-electron chi connectivity index (χ2n) is 11.8. The number of alkyl halides is 3. The molecule has 2 aliphatic heterocycles. The molecule has 0 spiro atoms. The molecule has 1 aromatic heterocycles. The van der Waals surface area contributed by atoms with Gasteiger partial charge in [0.15, 0.2) is 0 Å². The fourth-order valence-electron chi connectivity index (χ4n) is 8.02. The summed E-state index contributed by atoms with van der Waals surface area (Å²) in [6, 6.07) is 0. The van der Waals surface area contributed by atoms with Crippen molar-refractivity contribution in [3.8, 4) is 0 Å². The summed E-state index contributed by atoms with van der Waals surface area (Å²) in [6.07, 6.45) is 5.42. The Labute approximate surface area is 205 Å². The molecule has 1 amide bonds. The van der Waals surface area contributed by atoms with E-state index < -0.39 is 12.1 Å². The molecule has 9 heteroatoms. The van der Waals surface area contributed by atoms with Crippen LogP contribution in [-0.2, 0) is 17.8 Å². The van der Waals surface area contributed by atoms with Crippen LogP contribution >= 0.6 is 0 Å². The number of nitrogens with zero attached hydrogens (tertiary/aromatic N) is 4. The molecule has 4 aliphatic carbocycles. The number of anilines is 1. The standard InChI is InChI=1S/C26H36F3N5O/c27-26(28,29)20-1-4-33(5-2-20)14-24(35)34-6-3-21-23(13-34)31-15-32-25(21)30-12-22-18-8-16-7-17(10-18)11-19(22)9-16/h15-20,22H,1-14H2,(H,30,31,32). The van der Waals surface area contributed by atoms with Gasteiger partial charge in [0.05, 0.1) is 24.7 Å². The van der Waals surface area contributed by atoms with Crippen LogP contribution in [0.4, 0.5) is 19.0 Å². The van der Waals surface area contributed by atoms with Gasteiger partial charge >= 0.3 is 6.18 Å². The summed E-state index contributed by atoms with van der Waals surface area (Å²) >= 11 is 0. The molecule has 0 radical (unpaired) electrons. The maximum atomic E-state index is 12.9. The first-order valence-electron chi connectivity index (χ1n) is 13.5. The molecule has 192 valence electrons. The maximum absolute atomic E-state index is 12.9. The Kier molecular flexibility index (Phi) is 6.17. The normalized spacial score (nSPS) is 33.1. The molecule has 5 fully saturated rings. The van der Waals surface area contributed by atoms with Crippen molar-refractivity contribution in [2.24, 2.45) is 35.5 Å². The van der Waals surface area contributed by atoms with Crippen LogP contribution in [0.2, 0.25) is 0 Å². The minimum atomic E-state index is -4.13. The number of halogens is 3. The van der Waals surface area contributed by atoms with Crippen LogP contribution < -0.4 is 5.32 Å². The van der Waals surface area contributed by atoms with E-state index in [-0.39, 0.29) is 25.3 Å². The van der Waals surface area contributed by atoms with E-state index >= 15 is 0 Å². The summed E-state index contributed by atoms with van der Waals surface area (Å²) in [5.74, 6) is 4.08. The van der Waals surface area contributed by atoms with E-state index in [9.17, 15) is 18.0 Å². The van der Waals surface area contributed by atoms with E-state index in [2.05, 4.69) is 15.3 Å². The fourth-order valence-corrected chi connectivity index (χ4v) is 8.02. The molecule has 0 atom stereocenters. The highest BCUT2D eigenvalue weighted by Crippen LogP contribution is 2.56. The summed E-state index contributed by atoms with van der Waals surface area (Å²) in [6.45, 7) is 2.85. The second-order valence-corrected chi connectivity index (χ2v) is 11.8. The molecular weight excluding hydrogens is 455 g/mol. The Morgan fingerprint density at radius 2 is 1.69 bits per heavy atom. The molecule has 4 bridgehead atoms. The van der Waals surface area contributed by atoms with E-state index in [0.29, 0.717) is 32.6 Å². The van der Waals surface area contributed by atoms with Gasteiger partial charge in [0.2, 0.25) is 5.91 Å². The molecular formula is C26H36F3N5O. The van der Waals surface area contributed by atoms with Crippen molar-refractivity contribution < 1.29 is 18.0 Å². The zero-order chi connectivity index (χ0) is 24.2. The van der Waals surface area contributed by atoms with Gasteiger partial charge in [-0.2, -0.15) is 13.2 Å². The van der Waals surface area contributed by atoms with Crippen molar-refractivity contribution >= 4 is 11.7 Å². The van der Waals surface area contributed by atoms with Gasteiger partial charge in [-0.25, -0.2) is 9.97 Å². The first-order chi connectivity index (χ1) is 16.8. The molecule has 6 aliphatic rings. The predicted octanol–water partition coefficient (Wildman–Crippen LogP) is 4.12. The average molecular weight is 492 g/mol. The van der Waals surface area contributed by atoms with E-state index in [1.807, 2.05) is 4.90 Å². The van der Waals surface area contributed by atoms with Crippen LogP contribution in [0.25, 0.3) is 0 Å². The number of carbonyl (C=O) groups is 1. The highest BCUT2D eigenvalue weighted by atomic mass is 19.4. The first kappa shape index (κ1) is 23.5. The molecule has 35 heavy (non-hydrogen) atoms. The number of amides is 1. The highest BCUT2D eigenvalue weighted by Gasteiger charge is 2.48. The molecule has 7 rings (SSSR count). The summed E-state index contributed by atoms with van der Waals surface area (Å²) in [4.78, 5) is 25.6. The van der Waals surface area contributed by atoms with E-state index in [1.54, 1.807) is 11.2 Å². The molecule has 0 unspecified atom stereocenters. The molecule has 0 aromatic carbocycles. The smallest absolute Gasteiger partial charge is 0.369 e. The second kappa shape index (κ2) is 9.20. The highest BCUT2D eigenvalue weighted by molar-refractivity contribution is 5.78. The lowest BCUT2D eigenvalue weighted by molar-refractivity contribution is -0.185. The summed E-state index contributed by atoms with van der Waals surface area (Å²) < 4.78 is 38.8. The first-order valence-corrected chi connectivity index (χ1v) is 13.5. The van der Waals surface area contributed by atoms with Crippen LogP contribution in [0.3, 0.4) is 0 Å². The quantitative estimate of drug-likeness (QED) is 0.672. The number of nitrogens with one attached hydrogen (secondary N) is 1. The van der Waals surface area contributed by atoms with Gasteiger partial charge in [0.25, 0.3) is 0 Å². The lowest BCUT2D eigenvalue weighted by Gasteiger charge is -2.54. The van der Waals surface area contributed by atoms with Crippen LogP contribution in [-0.4, -0.2) is 64.6 Å². The summed E-state index contributed by atoms with van der Waals surface area (Å²) in [7, 11) is 0. The lowest BCUT2D eigenvalue weighted by Crippen LogP contribution is -2.47. The SMILES string of the molecule is O=C(CN1CCC(C(F)(F)F)CC1)N1CCc2c(ncnc2NCC2C3CC4CC(C3)CC2C4)C1. The Morgan fingerprint density at radius 1 is 1.00 bits per heavy atom. The van der Waals surface area contributed by atoms with Crippen molar-refractivity contribution in [3.63, 3.8) is 0 Å². The third kappa shape index (κ3) is 4.77. The van der Waals surface area contributed by atoms with Crippen molar-refractivity contribution in [2.75, 3.05) is 38.0 Å². The number of likely N-dealkylation sites (tertiary alicyclic amines) is 1. The van der Waals surface area contributed by atoms with Gasteiger partial charge in [-0.15, -0.1) is 0 Å². The molecule has 4 saturated carbocycles. The maximum Gasteiger partial charge on any atom is 0.391 e. The lowest BCUT2D eigenvalue weighted by atomic mass is 9.52. The Hall–Kier alpha value is -1.90. The fraction of sp³-hybridized carbons (Fsp3) is 0.808. The number of hydrogen-bond donors (Lipinski definition) is 1. The van der Waals surface area contributed by atoms with Gasteiger partial charge in [0.1, 0.15) is 12.1 Å². The molecule has 1 N–H and O–H groups in total. The Morgan fingerprint density at radius 3 is 2.34 bits per heavy atom. The van der Waals surface area contributed by atoms with Gasteiger partial charge in [-0.1, -0.05) is 0 Å². The van der Waals surface area contributed by atoms with Gasteiger partial charge in [-0.3, -0.25) is 9.69 Å². The number of aromatic nitrogens is 2. The van der Waals surface area contributed by atoms with Gasteiger partial charge in [-0.05, 0) is 94.0 Å². The van der Waals surface area contributed by atoms with E-state index in [4.69, 9.17) is 0 Å². The number of rotatable bonds is 5. The van der Waals surface area contributed by atoms with Crippen LogP contribution in [0, 0.1) is 35.5 Å². The number of hydrogen-bond acceptors (Lipinski definition) is 5. The van der Waals surface area contributed by atoms with Crippen LogP contribution in [0.1, 0.15) is 56.2 Å². The van der Waals surface area contributed by atoms with E-state index in [1.165, 1.54) is 32.1 Å². The zero-order valence-electron chi connectivity index (χ0n) is 20.3. The zero-order valence-corrected chi connectivity index (χ0v) is 20.3. The number of piperidine rings is 1. The predicted molar refractivity (Wildman–Crippen MR) is 125 cm³/mol. The van der Waals surface area contributed by atoms with Gasteiger partial charge < -0.3 is 10.2 Å². The van der Waals surface area contributed by atoms with Crippen molar-refractivity contribution in [2.45, 2.75) is 64.1 Å². The average Bonchev–Trinajstić information content (AvgIpc) is 2.82. The third-order valence-electron chi connectivity index (χ3n) is 9.70. The van der Waals surface area contributed by atoms with Crippen LogP contribution in [0.5, 0.6) is 0 Å². The minimum Gasteiger partial charge on any atom is -0.369 e. The van der Waals surface area contributed by atoms with Crippen molar-refractivity contribution in [1.29, 1.82) is 0 Å². The molecule has 3 heterocycles. The topological polar surface area (TPSA) is 61.4 Å². The van der Waals surface area contributed by atoms with Crippen molar-refractivity contribution in [3.05, 3.63) is 17.6 Å². The van der Waals surface area contributed by atoms with Gasteiger partial charge in [0, 0.05) is 18.7 Å². The van der Waals surface area contributed by atoms with Crippen LogP contribution in [0.15, 0.2) is 6.33 Å². The molecule has 1 aromatic rings. The Bertz CT molecular complexity index is 917. The van der Waals surface area contributed by atoms with Crippen molar-refractivity contribution in [1.82, 2.24) is 19.8 Å². The largest absolute Gasteiger partial charge is 0.391 e. The monoisotopic (exact) mass is 491 g/mol. The molecule has 1 saturated heterocycles. The molecule has 6 nitrogen and oxygen atoms in total.